The molecule has 1 aromatic heterocycles. The predicted molar refractivity (Wildman–Crippen MR) is 100 cm³/mol. The fraction of sp³-hybridized carbons (Fsp3) is 0.250. The summed E-state index contributed by atoms with van der Waals surface area (Å²) in [6.07, 6.45) is -0.0993. The first-order chi connectivity index (χ1) is 12.0. The number of carbonyl (C=O) groups is 2. The minimum absolute atomic E-state index is 0.0993. The number of amides is 2. The van der Waals surface area contributed by atoms with Gasteiger partial charge in [0, 0.05) is 16.6 Å². The molecular formula is C16H15BrN4O3S. The SMILES string of the molecule is CCSc1nc2c(c(=O)[nH]1)[C@H](C(=O)Nc1cccc(Br)c1)CC(=O)N2. The minimum atomic E-state index is -0.889. The van der Waals surface area contributed by atoms with Crippen LogP contribution >= 0.6 is 27.7 Å². The Morgan fingerprint density at radius 2 is 2.24 bits per heavy atom. The van der Waals surface area contributed by atoms with Crippen LogP contribution in [0.1, 0.15) is 24.8 Å². The molecule has 3 rings (SSSR count). The van der Waals surface area contributed by atoms with Crippen LogP contribution in [0.4, 0.5) is 11.5 Å². The van der Waals surface area contributed by atoms with Crippen LogP contribution in [0.2, 0.25) is 0 Å². The zero-order valence-electron chi connectivity index (χ0n) is 13.3. The summed E-state index contributed by atoms with van der Waals surface area (Å²) in [5.41, 5.74) is 0.359. The van der Waals surface area contributed by atoms with Gasteiger partial charge in [-0.2, -0.15) is 0 Å². The zero-order chi connectivity index (χ0) is 18.0. The molecule has 3 N–H and O–H groups in total. The lowest BCUT2D eigenvalue weighted by Crippen LogP contribution is -2.36. The zero-order valence-corrected chi connectivity index (χ0v) is 15.7. The number of H-pyrrole nitrogens is 1. The van der Waals surface area contributed by atoms with Gasteiger partial charge in [-0.1, -0.05) is 40.7 Å². The van der Waals surface area contributed by atoms with Crippen molar-refractivity contribution < 1.29 is 9.59 Å². The Hall–Kier alpha value is -2.13. The van der Waals surface area contributed by atoms with Crippen LogP contribution in [0.5, 0.6) is 0 Å². The number of hydrogen-bond acceptors (Lipinski definition) is 5. The second kappa shape index (κ2) is 7.40. The van der Waals surface area contributed by atoms with Gasteiger partial charge in [0.2, 0.25) is 11.8 Å². The van der Waals surface area contributed by atoms with Gasteiger partial charge in [-0.3, -0.25) is 14.4 Å². The van der Waals surface area contributed by atoms with E-state index in [0.717, 1.165) is 10.2 Å². The standard InChI is InChI=1S/C16H15BrN4O3S/c1-2-25-16-20-13-12(15(24)21-16)10(7-11(22)19-13)14(23)18-9-5-3-4-8(17)6-9/h3-6,10H,2,7H2,1H3,(H,18,23)(H2,19,20,21,22,24)/t10-/m1/s1. The minimum Gasteiger partial charge on any atom is -0.326 e. The Morgan fingerprint density at radius 3 is 2.96 bits per heavy atom. The number of nitrogens with one attached hydrogen (secondary N) is 3. The fourth-order valence-electron chi connectivity index (χ4n) is 2.58. The molecule has 1 aliphatic heterocycles. The summed E-state index contributed by atoms with van der Waals surface area (Å²) in [7, 11) is 0. The Bertz CT molecular complexity index is 899. The van der Waals surface area contributed by atoms with Gasteiger partial charge in [0.1, 0.15) is 5.82 Å². The van der Waals surface area contributed by atoms with Gasteiger partial charge in [-0.25, -0.2) is 4.98 Å². The van der Waals surface area contributed by atoms with E-state index in [1.807, 2.05) is 13.0 Å². The molecule has 130 valence electrons. The number of thioether (sulfide) groups is 1. The number of rotatable bonds is 4. The van der Waals surface area contributed by atoms with E-state index in [2.05, 4.69) is 36.5 Å². The van der Waals surface area contributed by atoms with Crippen LogP contribution in [0.3, 0.4) is 0 Å². The van der Waals surface area contributed by atoms with Crippen molar-refractivity contribution in [1.29, 1.82) is 0 Å². The molecule has 2 amide bonds. The number of nitrogens with zero attached hydrogens (tertiary/aromatic N) is 1. The number of aromatic amines is 1. The van der Waals surface area contributed by atoms with E-state index in [1.54, 1.807) is 18.2 Å². The molecule has 0 saturated heterocycles. The van der Waals surface area contributed by atoms with Gasteiger partial charge in [-0.15, -0.1) is 0 Å². The number of anilines is 2. The van der Waals surface area contributed by atoms with Crippen molar-refractivity contribution >= 4 is 51.0 Å². The average molecular weight is 423 g/mol. The third-order valence-corrected chi connectivity index (χ3v) is 4.87. The average Bonchev–Trinajstić information content (AvgIpc) is 2.54. The highest BCUT2D eigenvalue weighted by molar-refractivity contribution is 9.10. The maximum atomic E-state index is 12.7. The Kier molecular flexibility index (Phi) is 5.24. The van der Waals surface area contributed by atoms with Crippen molar-refractivity contribution in [2.24, 2.45) is 0 Å². The summed E-state index contributed by atoms with van der Waals surface area (Å²) in [5, 5.41) is 5.75. The topological polar surface area (TPSA) is 104 Å². The molecule has 2 heterocycles. The molecule has 0 aliphatic carbocycles. The maximum Gasteiger partial charge on any atom is 0.257 e. The van der Waals surface area contributed by atoms with Crippen LogP contribution in [0.15, 0.2) is 38.7 Å². The second-order valence-corrected chi connectivity index (χ2v) is 7.54. The Balaban J connectivity index is 1.94. The first-order valence-electron chi connectivity index (χ1n) is 7.61. The van der Waals surface area contributed by atoms with Crippen molar-refractivity contribution in [3.8, 4) is 0 Å². The summed E-state index contributed by atoms with van der Waals surface area (Å²) < 4.78 is 0.813. The molecule has 0 radical (unpaired) electrons. The predicted octanol–water partition coefficient (Wildman–Crippen LogP) is 2.71. The smallest absolute Gasteiger partial charge is 0.257 e. The van der Waals surface area contributed by atoms with E-state index >= 15 is 0 Å². The monoisotopic (exact) mass is 422 g/mol. The Labute approximate surface area is 156 Å². The van der Waals surface area contributed by atoms with Gasteiger partial charge in [-0.05, 0) is 24.0 Å². The molecule has 0 bridgehead atoms. The summed E-state index contributed by atoms with van der Waals surface area (Å²) in [6, 6.07) is 7.09. The van der Waals surface area contributed by atoms with Crippen LogP contribution < -0.4 is 16.2 Å². The molecule has 2 aromatic rings. The number of aromatic nitrogens is 2. The molecule has 0 saturated carbocycles. The van der Waals surface area contributed by atoms with Crippen molar-refractivity contribution in [3.05, 3.63) is 44.7 Å². The molecular weight excluding hydrogens is 408 g/mol. The maximum absolute atomic E-state index is 12.7. The van der Waals surface area contributed by atoms with Crippen molar-refractivity contribution in [2.45, 2.75) is 24.4 Å². The van der Waals surface area contributed by atoms with E-state index in [1.165, 1.54) is 11.8 Å². The van der Waals surface area contributed by atoms with Gasteiger partial charge in [0.05, 0.1) is 11.5 Å². The van der Waals surface area contributed by atoms with Crippen molar-refractivity contribution in [2.75, 3.05) is 16.4 Å². The van der Waals surface area contributed by atoms with E-state index in [9.17, 15) is 14.4 Å². The van der Waals surface area contributed by atoms with Gasteiger partial charge in [0.25, 0.3) is 5.56 Å². The number of halogens is 1. The molecule has 1 atom stereocenters. The molecule has 0 unspecified atom stereocenters. The molecule has 9 heteroatoms. The lowest BCUT2D eigenvalue weighted by Gasteiger charge is -2.23. The molecule has 0 fully saturated rings. The van der Waals surface area contributed by atoms with Gasteiger partial charge in [0.15, 0.2) is 5.16 Å². The number of carbonyl (C=O) groups excluding carboxylic acids is 2. The quantitative estimate of drug-likeness (QED) is 0.518. The Morgan fingerprint density at radius 1 is 1.44 bits per heavy atom. The van der Waals surface area contributed by atoms with Crippen LogP contribution in [-0.2, 0) is 9.59 Å². The summed E-state index contributed by atoms with van der Waals surface area (Å²) in [5.74, 6) is -0.766. The number of hydrogen-bond donors (Lipinski definition) is 3. The molecule has 1 aromatic carbocycles. The van der Waals surface area contributed by atoms with E-state index in [4.69, 9.17) is 0 Å². The van der Waals surface area contributed by atoms with Crippen LogP contribution in [0, 0.1) is 0 Å². The lowest BCUT2D eigenvalue weighted by atomic mass is 9.92. The highest BCUT2D eigenvalue weighted by Crippen LogP contribution is 2.30. The molecule has 7 nitrogen and oxygen atoms in total. The fourth-order valence-corrected chi connectivity index (χ4v) is 3.57. The van der Waals surface area contributed by atoms with Crippen molar-refractivity contribution in [1.82, 2.24) is 9.97 Å². The van der Waals surface area contributed by atoms with Crippen LogP contribution in [0.25, 0.3) is 0 Å². The van der Waals surface area contributed by atoms with Gasteiger partial charge >= 0.3 is 0 Å². The van der Waals surface area contributed by atoms with E-state index < -0.39 is 17.4 Å². The first-order valence-corrected chi connectivity index (χ1v) is 9.39. The number of benzene rings is 1. The summed E-state index contributed by atoms with van der Waals surface area (Å²) >= 11 is 4.69. The third kappa shape index (κ3) is 3.93. The molecule has 1 aliphatic rings. The highest BCUT2D eigenvalue weighted by atomic mass is 79.9. The normalized spacial score (nSPS) is 16.1. The molecule has 25 heavy (non-hydrogen) atoms. The van der Waals surface area contributed by atoms with Crippen molar-refractivity contribution in [3.63, 3.8) is 0 Å². The largest absolute Gasteiger partial charge is 0.326 e. The highest BCUT2D eigenvalue weighted by Gasteiger charge is 2.34. The first kappa shape index (κ1) is 17.7. The third-order valence-electron chi connectivity index (χ3n) is 3.62. The number of fused-ring (bicyclic) bond motifs is 1. The summed E-state index contributed by atoms with van der Waals surface area (Å²) in [4.78, 5) is 44.0. The van der Waals surface area contributed by atoms with Crippen LogP contribution in [-0.4, -0.2) is 27.5 Å². The second-order valence-electron chi connectivity index (χ2n) is 5.37. The van der Waals surface area contributed by atoms with E-state index in [0.29, 0.717) is 10.8 Å². The van der Waals surface area contributed by atoms with E-state index in [-0.39, 0.29) is 23.7 Å². The molecule has 0 spiro atoms. The summed E-state index contributed by atoms with van der Waals surface area (Å²) in [6.45, 7) is 1.93. The van der Waals surface area contributed by atoms with Gasteiger partial charge < -0.3 is 15.6 Å². The lowest BCUT2D eigenvalue weighted by molar-refractivity contribution is -0.123.